The van der Waals surface area contributed by atoms with Crippen molar-refractivity contribution in [2.75, 3.05) is 13.2 Å². The molecule has 2 atom stereocenters. The van der Waals surface area contributed by atoms with E-state index in [1.807, 2.05) is 6.92 Å². The number of carbonyl (C=O) groups excluding carboxylic acids is 1. The van der Waals surface area contributed by atoms with Crippen molar-refractivity contribution in [2.24, 2.45) is 22.7 Å². The van der Waals surface area contributed by atoms with Gasteiger partial charge in [0.05, 0.1) is 12.5 Å². The lowest BCUT2D eigenvalue weighted by atomic mass is 9.99. The maximum Gasteiger partial charge on any atom is 0.309 e. The third-order valence-corrected chi connectivity index (χ3v) is 3.30. The number of nitrogens with one attached hydrogen (secondary N) is 1. The molecule has 0 amide bonds. The van der Waals surface area contributed by atoms with Gasteiger partial charge in [-0.1, -0.05) is 13.8 Å². The van der Waals surface area contributed by atoms with Crippen LogP contribution in [0.25, 0.3) is 0 Å². The monoisotopic (exact) mass is 315 g/mol. The zero-order valence-corrected chi connectivity index (χ0v) is 13.7. The molecule has 1 aliphatic rings. The number of esters is 1. The number of carbonyl (C=O) groups is 1. The topological polar surface area (TPSA) is 85.9 Å². The molecule has 1 fully saturated rings. The number of cyclic esters (lactones) is 1. The number of hydrazone groups is 1. The van der Waals surface area contributed by atoms with E-state index in [-0.39, 0.29) is 23.1 Å². The molecular formula is C14H25N3O3S. The lowest BCUT2D eigenvalue weighted by molar-refractivity contribution is -0.146. The number of ether oxygens (including phenoxy) is 2. The van der Waals surface area contributed by atoms with Crippen LogP contribution < -0.4 is 11.2 Å². The Kier molecular flexibility index (Phi) is 7.60. The zero-order valence-electron chi connectivity index (χ0n) is 12.9. The van der Waals surface area contributed by atoms with Crippen molar-refractivity contribution >= 4 is 29.0 Å². The molecule has 7 heteroatoms. The third-order valence-electron chi connectivity index (χ3n) is 3.21. The highest BCUT2D eigenvalue weighted by Gasteiger charge is 2.34. The first-order valence-corrected chi connectivity index (χ1v) is 7.66. The molecule has 0 aromatic rings. The number of rotatable bonds is 8. The van der Waals surface area contributed by atoms with Crippen molar-refractivity contribution < 1.29 is 14.3 Å². The van der Waals surface area contributed by atoms with Crippen LogP contribution in [0.15, 0.2) is 5.10 Å². The lowest BCUT2D eigenvalue weighted by Crippen LogP contribution is -2.25. The minimum absolute atomic E-state index is 0.111. The van der Waals surface area contributed by atoms with Gasteiger partial charge < -0.3 is 15.2 Å². The Balaban J connectivity index is 2.30. The average molecular weight is 315 g/mol. The molecule has 1 rings (SSSR count). The highest BCUT2D eigenvalue weighted by atomic mass is 32.1. The van der Waals surface area contributed by atoms with Gasteiger partial charge in [-0.15, -0.1) is 0 Å². The van der Waals surface area contributed by atoms with E-state index >= 15 is 0 Å². The van der Waals surface area contributed by atoms with Gasteiger partial charge in [0.15, 0.2) is 5.11 Å². The average Bonchev–Trinajstić information content (AvgIpc) is 2.73. The molecule has 0 spiro atoms. The SMILES string of the molecule is C/C(C[C@H]1C[C@H](COCCC(C)C)OC1=O)=N/NC(N)=S. The summed E-state index contributed by atoms with van der Waals surface area (Å²) in [6.07, 6.45) is 2.07. The third kappa shape index (κ3) is 7.38. The number of nitrogens with two attached hydrogens (primary N) is 1. The summed E-state index contributed by atoms with van der Waals surface area (Å²) in [6, 6.07) is 0. The summed E-state index contributed by atoms with van der Waals surface area (Å²) in [5.74, 6) is 0.266. The molecule has 21 heavy (non-hydrogen) atoms. The van der Waals surface area contributed by atoms with E-state index in [2.05, 4.69) is 36.6 Å². The second-order valence-electron chi connectivity index (χ2n) is 5.78. The second-order valence-corrected chi connectivity index (χ2v) is 6.22. The van der Waals surface area contributed by atoms with Gasteiger partial charge in [0.25, 0.3) is 0 Å². The largest absolute Gasteiger partial charge is 0.460 e. The number of hydrogen-bond donors (Lipinski definition) is 2. The minimum atomic E-state index is -0.183. The molecule has 0 aliphatic carbocycles. The summed E-state index contributed by atoms with van der Waals surface area (Å²) in [4.78, 5) is 11.8. The van der Waals surface area contributed by atoms with Crippen LogP contribution in [-0.4, -0.2) is 36.1 Å². The van der Waals surface area contributed by atoms with E-state index in [4.69, 9.17) is 15.2 Å². The van der Waals surface area contributed by atoms with Gasteiger partial charge in [-0.3, -0.25) is 10.2 Å². The van der Waals surface area contributed by atoms with Crippen molar-refractivity contribution in [2.45, 2.75) is 46.1 Å². The molecule has 0 unspecified atom stereocenters. The van der Waals surface area contributed by atoms with Gasteiger partial charge in [-0.2, -0.15) is 5.10 Å². The summed E-state index contributed by atoms with van der Waals surface area (Å²) >= 11 is 4.67. The van der Waals surface area contributed by atoms with E-state index in [0.29, 0.717) is 32.0 Å². The maximum absolute atomic E-state index is 11.8. The summed E-state index contributed by atoms with van der Waals surface area (Å²) in [6.45, 7) is 7.30. The quantitative estimate of drug-likeness (QED) is 0.232. The molecule has 0 aromatic heterocycles. The number of hydrogen-bond acceptors (Lipinski definition) is 5. The van der Waals surface area contributed by atoms with E-state index in [9.17, 15) is 4.79 Å². The van der Waals surface area contributed by atoms with Crippen molar-refractivity contribution in [1.82, 2.24) is 5.43 Å². The Morgan fingerprint density at radius 1 is 1.62 bits per heavy atom. The van der Waals surface area contributed by atoms with Gasteiger partial charge in [-0.05, 0) is 31.5 Å². The van der Waals surface area contributed by atoms with Crippen LogP contribution in [0.3, 0.4) is 0 Å². The van der Waals surface area contributed by atoms with E-state index in [0.717, 1.165) is 12.1 Å². The summed E-state index contributed by atoms with van der Waals surface area (Å²) < 4.78 is 10.9. The number of nitrogens with zero attached hydrogens (tertiary/aromatic N) is 1. The maximum atomic E-state index is 11.8. The fourth-order valence-corrected chi connectivity index (χ4v) is 2.12. The Morgan fingerprint density at radius 2 is 2.33 bits per heavy atom. The Hall–Kier alpha value is -1.21. The molecule has 3 N–H and O–H groups in total. The van der Waals surface area contributed by atoms with Gasteiger partial charge >= 0.3 is 5.97 Å². The minimum Gasteiger partial charge on any atom is -0.460 e. The highest BCUT2D eigenvalue weighted by Crippen LogP contribution is 2.24. The molecular weight excluding hydrogens is 290 g/mol. The van der Waals surface area contributed by atoms with Crippen LogP contribution in [-0.2, 0) is 14.3 Å². The Labute approximate surface area is 131 Å². The van der Waals surface area contributed by atoms with Gasteiger partial charge in [-0.25, -0.2) is 0 Å². The van der Waals surface area contributed by atoms with Gasteiger partial charge in [0.2, 0.25) is 0 Å². The predicted octanol–water partition coefficient (Wildman–Crippen LogP) is 1.58. The summed E-state index contributed by atoms with van der Waals surface area (Å²) in [5.41, 5.74) is 8.58. The van der Waals surface area contributed by atoms with Crippen LogP contribution >= 0.6 is 12.2 Å². The zero-order chi connectivity index (χ0) is 15.8. The van der Waals surface area contributed by atoms with Crippen molar-refractivity contribution in [3.05, 3.63) is 0 Å². The Morgan fingerprint density at radius 3 is 2.95 bits per heavy atom. The van der Waals surface area contributed by atoms with E-state index in [1.165, 1.54) is 0 Å². The lowest BCUT2D eigenvalue weighted by Gasteiger charge is -2.10. The highest BCUT2D eigenvalue weighted by molar-refractivity contribution is 7.80. The van der Waals surface area contributed by atoms with Crippen LogP contribution in [0.5, 0.6) is 0 Å². The summed E-state index contributed by atoms with van der Waals surface area (Å²) in [7, 11) is 0. The summed E-state index contributed by atoms with van der Waals surface area (Å²) in [5, 5.41) is 4.11. The molecule has 1 heterocycles. The first kappa shape index (κ1) is 17.8. The van der Waals surface area contributed by atoms with Crippen LogP contribution in [0.4, 0.5) is 0 Å². The fraction of sp³-hybridized carbons (Fsp3) is 0.786. The molecule has 0 aromatic carbocycles. The fourth-order valence-electron chi connectivity index (χ4n) is 2.08. The van der Waals surface area contributed by atoms with Crippen molar-refractivity contribution in [3.63, 3.8) is 0 Å². The normalized spacial score (nSPS) is 22.5. The van der Waals surface area contributed by atoms with Crippen LogP contribution in [0, 0.1) is 11.8 Å². The number of thiocarbonyl (C=S) groups is 1. The Bertz CT molecular complexity index is 399. The molecule has 0 saturated carbocycles. The molecule has 120 valence electrons. The van der Waals surface area contributed by atoms with Gasteiger partial charge in [0.1, 0.15) is 6.10 Å². The second kappa shape index (κ2) is 8.94. The molecule has 0 radical (unpaired) electrons. The first-order chi connectivity index (χ1) is 9.88. The van der Waals surface area contributed by atoms with E-state index in [1.54, 1.807) is 0 Å². The van der Waals surface area contributed by atoms with E-state index < -0.39 is 0 Å². The molecule has 1 aliphatic heterocycles. The van der Waals surface area contributed by atoms with Crippen LogP contribution in [0.2, 0.25) is 0 Å². The van der Waals surface area contributed by atoms with Crippen LogP contribution in [0.1, 0.15) is 40.0 Å². The van der Waals surface area contributed by atoms with Crippen molar-refractivity contribution in [1.29, 1.82) is 0 Å². The predicted molar refractivity (Wildman–Crippen MR) is 85.9 cm³/mol. The molecule has 0 bridgehead atoms. The van der Waals surface area contributed by atoms with Crippen molar-refractivity contribution in [3.8, 4) is 0 Å². The first-order valence-electron chi connectivity index (χ1n) is 7.25. The molecule has 1 saturated heterocycles. The molecule has 6 nitrogen and oxygen atoms in total. The standard InChI is InChI=1S/C14H25N3O3S/c1-9(2)4-5-19-8-12-7-11(13(18)20-12)6-10(3)16-17-14(15)21/h9,11-12H,4-8H2,1-3H3,(H3,15,17,21)/b16-10-/t11-,12+/m0/s1. The smallest absolute Gasteiger partial charge is 0.309 e. The van der Waals surface area contributed by atoms with Gasteiger partial charge in [0, 0.05) is 25.2 Å².